The van der Waals surface area contributed by atoms with Crippen LogP contribution in [0.4, 0.5) is 0 Å². The van der Waals surface area contributed by atoms with Crippen molar-refractivity contribution in [3.63, 3.8) is 0 Å². The van der Waals surface area contributed by atoms with Gasteiger partial charge in [0.1, 0.15) is 12.4 Å². The molecule has 0 amide bonds. The van der Waals surface area contributed by atoms with Crippen LogP contribution in [0.25, 0.3) is 0 Å². The molecule has 2 aliphatic rings. The number of carboxylic acid groups (broad SMARTS) is 1. The van der Waals surface area contributed by atoms with Gasteiger partial charge in [-0.25, -0.2) is 4.79 Å². The molecule has 31 heavy (non-hydrogen) atoms. The zero-order valence-electron chi connectivity index (χ0n) is 18.7. The molecule has 0 saturated heterocycles. The van der Waals surface area contributed by atoms with Gasteiger partial charge in [0.2, 0.25) is 0 Å². The lowest BCUT2D eigenvalue weighted by atomic mass is 9.59. The van der Waals surface area contributed by atoms with Crippen LogP contribution in [0.3, 0.4) is 0 Å². The number of ether oxygens (including phenoxy) is 1. The summed E-state index contributed by atoms with van der Waals surface area (Å²) >= 11 is 0. The van der Waals surface area contributed by atoms with Crippen molar-refractivity contribution >= 4 is 24.0 Å². The number of carbonyl (C=O) groups excluding carboxylic acids is 3. The fourth-order valence-electron chi connectivity index (χ4n) is 4.69. The molecule has 1 N–H and O–H groups in total. The molecule has 2 rings (SSSR count). The summed E-state index contributed by atoms with van der Waals surface area (Å²) in [4.78, 5) is 48.2. The van der Waals surface area contributed by atoms with Gasteiger partial charge >= 0.3 is 11.9 Å². The predicted molar refractivity (Wildman–Crippen MR) is 117 cm³/mol. The Morgan fingerprint density at radius 3 is 2.61 bits per heavy atom. The molecular weight excluding hydrogens is 396 g/mol. The standard InChI is InChI=1S/C25H32O6/c1-6-15(2)11-16(3)7-10-23(28)31-22-9-8-18(24(29)30)25(5)19(12-17(4)14-26)21(27)13-20(22)25/h7,10-11,13-15,18-19,22H,4,6,8-9,12H2,1-3,5H3,(H,29,30)/b10-7+,16-11+/t15?,18-,19-,22-,25+/m1/s1. The van der Waals surface area contributed by atoms with Gasteiger partial charge in [-0.15, -0.1) is 0 Å². The first-order valence-electron chi connectivity index (χ1n) is 10.7. The van der Waals surface area contributed by atoms with Gasteiger partial charge in [-0.3, -0.25) is 14.4 Å². The van der Waals surface area contributed by atoms with Crippen LogP contribution in [0.2, 0.25) is 0 Å². The molecular formula is C25H32O6. The summed E-state index contributed by atoms with van der Waals surface area (Å²) in [6.07, 6.45) is 8.14. The summed E-state index contributed by atoms with van der Waals surface area (Å²) < 4.78 is 5.65. The highest BCUT2D eigenvalue weighted by Gasteiger charge is 2.58. The van der Waals surface area contributed by atoms with Crippen molar-refractivity contribution in [3.8, 4) is 0 Å². The van der Waals surface area contributed by atoms with Crippen molar-refractivity contribution in [1.82, 2.24) is 0 Å². The molecule has 0 radical (unpaired) electrons. The van der Waals surface area contributed by atoms with E-state index in [-0.39, 0.29) is 24.2 Å². The highest BCUT2D eigenvalue weighted by Crippen LogP contribution is 2.56. The Morgan fingerprint density at radius 2 is 2.03 bits per heavy atom. The topological polar surface area (TPSA) is 97.7 Å². The Balaban J connectivity index is 2.25. The third-order valence-electron chi connectivity index (χ3n) is 6.64. The Hall–Kier alpha value is -2.76. The molecule has 2 aliphatic carbocycles. The molecule has 168 valence electrons. The van der Waals surface area contributed by atoms with Crippen LogP contribution in [0.1, 0.15) is 53.4 Å². The van der Waals surface area contributed by atoms with Crippen LogP contribution in [0, 0.1) is 23.2 Å². The highest BCUT2D eigenvalue weighted by atomic mass is 16.5. The molecule has 6 nitrogen and oxygen atoms in total. The number of rotatable bonds is 9. The minimum absolute atomic E-state index is 0.0861. The first kappa shape index (κ1) is 24.5. The average molecular weight is 429 g/mol. The van der Waals surface area contributed by atoms with E-state index in [1.807, 2.05) is 6.92 Å². The monoisotopic (exact) mass is 428 g/mol. The van der Waals surface area contributed by atoms with Crippen LogP contribution in [-0.2, 0) is 23.9 Å². The molecule has 0 aromatic rings. The summed E-state index contributed by atoms with van der Waals surface area (Å²) in [5.74, 6) is -2.90. The second-order valence-corrected chi connectivity index (χ2v) is 8.84. The number of fused-ring (bicyclic) bond motifs is 1. The lowest BCUT2D eigenvalue weighted by Crippen LogP contribution is -2.47. The second kappa shape index (κ2) is 10.0. The van der Waals surface area contributed by atoms with Gasteiger partial charge in [0.05, 0.1) is 5.92 Å². The molecule has 0 spiro atoms. The van der Waals surface area contributed by atoms with E-state index in [0.717, 1.165) is 12.0 Å². The molecule has 1 saturated carbocycles. The number of esters is 1. The van der Waals surface area contributed by atoms with Crippen molar-refractivity contribution in [2.75, 3.05) is 0 Å². The van der Waals surface area contributed by atoms with E-state index in [1.165, 1.54) is 12.2 Å². The van der Waals surface area contributed by atoms with Crippen molar-refractivity contribution in [2.24, 2.45) is 23.2 Å². The number of aliphatic carboxylic acids is 1. The van der Waals surface area contributed by atoms with E-state index in [1.54, 1.807) is 13.0 Å². The maximum absolute atomic E-state index is 12.8. The third kappa shape index (κ3) is 5.30. The Kier molecular flexibility index (Phi) is 7.93. The fraction of sp³-hybridized carbons (Fsp3) is 0.520. The maximum atomic E-state index is 12.8. The zero-order chi connectivity index (χ0) is 23.3. The smallest absolute Gasteiger partial charge is 0.331 e. The lowest BCUT2D eigenvalue weighted by molar-refractivity contribution is -0.152. The van der Waals surface area contributed by atoms with Gasteiger partial charge in [-0.2, -0.15) is 0 Å². The second-order valence-electron chi connectivity index (χ2n) is 8.84. The molecule has 5 atom stereocenters. The number of aldehydes is 1. The summed E-state index contributed by atoms with van der Waals surface area (Å²) in [5.41, 5.74) is 0.680. The molecule has 0 heterocycles. The number of carbonyl (C=O) groups is 4. The quantitative estimate of drug-likeness (QED) is 0.256. The summed E-state index contributed by atoms with van der Waals surface area (Å²) in [6.45, 7) is 11.5. The number of carboxylic acids is 1. The van der Waals surface area contributed by atoms with E-state index in [0.29, 0.717) is 24.2 Å². The molecule has 0 aromatic heterocycles. The summed E-state index contributed by atoms with van der Waals surface area (Å²) in [6, 6.07) is 0. The van der Waals surface area contributed by atoms with Crippen LogP contribution >= 0.6 is 0 Å². The minimum Gasteiger partial charge on any atom is -0.481 e. The normalized spacial score (nSPS) is 29.3. The van der Waals surface area contributed by atoms with Crippen molar-refractivity contribution in [1.29, 1.82) is 0 Å². The summed E-state index contributed by atoms with van der Waals surface area (Å²) in [7, 11) is 0. The van der Waals surface area contributed by atoms with Crippen LogP contribution in [0.5, 0.6) is 0 Å². The van der Waals surface area contributed by atoms with E-state index in [9.17, 15) is 24.3 Å². The largest absolute Gasteiger partial charge is 0.481 e. The minimum atomic E-state index is -1.03. The van der Waals surface area contributed by atoms with Gasteiger partial charge in [0.25, 0.3) is 0 Å². The molecule has 1 fully saturated rings. The number of hydrogen-bond donors (Lipinski definition) is 1. The van der Waals surface area contributed by atoms with Crippen LogP contribution < -0.4 is 0 Å². The molecule has 0 aliphatic heterocycles. The number of allylic oxidation sites excluding steroid dienone is 5. The number of hydrogen-bond acceptors (Lipinski definition) is 5. The first-order chi connectivity index (χ1) is 14.5. The van der Waals surface area contributed by atoms with E-state index in [4.69, 9.17) is 4.74 Å². The van der Waals surface area contributed by atoms with Gasteiger partial charge in [0, 0.05) is 17.4 Å². The van der Waals surface area contributed by atoms with Crippen molar-refractivity contribution in [3.05, 3.63) is 47.6 Å². The first-order valence-corrected chi connectivity index (χ1v) is 10.7. The zero-order valence-corrected chi connectivity index (χ0v) is 18.7. The summed E-state index contributed by atoms with van der Waals surface area (Å²) in [5, 5.41) is 9.80. The van der Waals surface area contributed by atoms with E-state index < -0.39 is 35.3 Å². The van der Waals surface area contributed by atoms with Gasteiger partial charge in [0.15, 0.2) is 5.78 Å². The van der Waals surface area contributed by atoms with Crippen LogP contribution in [0.15, 0.2) is 47.6 Å². The molecule has 6 heteroatoms. The van der Waals surface area contributed by atoms with E-state index >= 15 is 0 Å². The van der Waals surface area contributed by atoms with Crippen molar-refractivity contribution < 1.29 is 29.0 Å². The Morgan fingerprint density at radius 1 is 1.35 bits per heavy atom. The maximum Gasteiger partial charge on any atom is 0.331 e. The Labute approximate surface area is 183 Å². The molecule has 0 aromatic carbocycles. The highest BCUT2D eigenvalue weighted by molar-refractivity contribution is 5.99. The fourth-order valence-corrected chi connectivity index (χ4v) is 4.69. The molecule has 1 unspecified atom stereocenters. The van der Waals surface area contributed by atoms with Gasteiger partial charge in [-0.05, 0) is 49.3 Å². The average Bonchev–Trinajstić information content (AvgIpc) is 2.97. The lowest BCUT2D eigenvalue weighted by Gasteiger charge is -2.45. The van der Waals surface area contributed by atoms with E-state index in [2.05, 4.69) is 26.5 Å². The van der Waals surface area contributed by atoms with Gasteiger partial charge < -0.3 is 9.84 Å². The third-order valence-corrected chi connectivity index (χ3v) is 6.64. The molecule has 0 bridgehead atoms. The Bertz CT molecular complexity index is 861. The van der Waals surface area contributed by atoms with Crippen LogP contribution in [-0.4, -0.2) is 35.2 Å². The SMILES string of the molecule is C=C(C=O)C[C@@H]1C(=O)C=C2[C@H](OC(=O)/C=C/C(C)=C/C(C)CC)CC[C@H](C(=O)O)[C@]21C. The van der Waals surface area contributed by atoms with Gasteiger partial charge in [-0.1, -0.05) is 51.5 Å². The number of ketones is 1. The predicted octanol–water partition coefficient (Wildman–Crippen LogP) is 4.22. The van der Waals surface area contributed by atoms with Crippen molar-refractivity contribution in [2.45, 2.75) is 59.5 Å².